The minimum atomic E-state index is -0.125. The largest absolute Gasteiger partial charge is 0.312 e. The van der Waals surface area contributed by atoms with Crippen molar-refractivity contribution in [3.63, 3.8) is 0 Å². The van der Waals surface area contributed by atoms with E-state index in [1.165, 1.54) is 31.7 Å². The summed E-state index contributed by atoms with van der Waals surface area (Å²) in [5.41, 5.74) is 2.33. The maximum Gasteiger partial charge on any atom is 0.123 e. The van der Waals surface area contributed by atoms with Gasteiger partial charge in [0.1, 0.15) is 5.82 Å². The zero-order valence-corrected chi connectivity index (χ0v) is 13.1. The molecule has 1 aromatic rings. The van der Waals surface area contributed by atoms with Crippen LogP contribution in [0, 0.1) is 12.7 Å². The summed E-state index contributed by atoms with van der Waals surface area (Å²) in [6.07, 6.45) is 0.909. The van der Waals surface area contributed by atoms with Crippen LogP contribution in [-0.2, 0) is 6.42 Å². The van der Waals surface area contributed by atoms with Gasteiger partial charge in [0.05, 0.1) is 0 Å². The van der Waals surface area contributed by atoms with Gasteiger partial charge in [0.2, 0.25) is 0 Å². The highest BCUT2D eigenvalue weighted by Gasteiger charge is 2.36. The van der Waals surface area contributed by atoms with Gasteiger partial charge in [0, 0.05) is 44.8 Å². The predicted octanol–water partition coefficient (Wildman–Crippen LogP) is 1.65. The summed E-state index contributed by atoms with van der Waals surface area (Å²) in [7, 11) is 0. The fourth-order valence-electron chi connectivity index (χ4n) is 3.74. The number of nitrogens with one attached hydrogen (secondary N) is 1. The van der Waals surface area contributed by atoms with Gasteiger partial charge in [0.25, 0.3) is 0 Å². The highest BCUT2D eigenvalue weighted by Crippen LogP contribution is 2.22. The Morgan fingerprint density at radius 2 is 2.05 bits per heavy atom. The van der Waals surface area contributed by atoms with Gasteiger partial charge in [-0.2, -0.15) is 0 Å². The summed E-state index contributed by atoms with van der Waals surface area (Å²) >= 11 is 0. The van der Waals surface area contributed by atoms with Gasteiger partial charge in [-0.15, -0.1) is 0 Å². The van der Waals surface area contributed by atoms with Crippen LogP contribution in [0.4, 0.5) is 4.39 Å². The number of piperazine rings is 3. The average Bonchev–Trinajstić information content (AvgIpc) is 2.51. The highest BCUT2D eigenvalue weighted by atomic mass is 19.1. The molecular formula is C17H26FN3. The van der Waals surface area contributed by atoms with Gasteiger partial charge >= 0.3 is 0 Å². The molecule has 21 heavy (non-hydrogen) atoms. The SMILES string of the molecule is CCNC(Cc1cc(F)ccc1C)C1CN2CCN1CC2. The van der Waals surface area contributed by atoms with Crippen LogP contribution in [0.2, 0.25) is 0 Å². The van der Waals surface area contributed by atoms with Gasteiger partial charge in [0.15, 0.2) is 0 Å². The molecule has 3 aliphatic rings. The van der Waals surface area contributed by atoms with Crippen molar-refractivity contribution in [2.24, 2.45) is 0 Å². The second-order valence-electron chi connectivity index (χ2n) is 6.34. The number of aryl methyl sites for hydroxylation is 1. The minimum Gasteiger partial charge on any atom is -0.312 e. The lowest BCUT2D eigenvalue weighted by Crippen LogP contribution is -2.66. The van der Waals surface area contributed by atoms with Crippen LogP contribution in [0.1, 0.15) is 18.1 Å². The van der Waals surface area contributed by atoms with E-state index in [9.17, 15) is 4.39 Å². The van der Waals surface area contributed by atoms with Crippen molar-refractivity contribution < 1.29 is 4.39 Å². The van der Waals surface area contributed by atoms with E-state index in [0.717, 1.165) is 25.1 Å². The maximum atomic E-state index is 13.5. The molecule has 4 rings (SSSR count). The summed E-state index contributed by atoms with van der Waals surface area (Å²) in [5, 5.41) is 3.64. The Bertz CT molecular complexity index is 483. The molecule has 1 N–H and O–H groups in total. The summed E-state index contributed by atoms with van der Waals surface area (Å²) in [4.78, 5) is 5.18. The maximum absolute atomic E-state index is 13.5. The summed E-state index contributed by atoms with van der Waals surface area (Å²) in [6, 6.07) is 6.11. The first kappa shape index (κ1) is 14.9. The smallest absolute Gasteiger partial charge is 0.123 e. The van der Waals surface area contributed by atoms with Crippen molar-refractivity contribution >= 4 is 0 Å². The molecule has 116 valence electrons. The molecule has 3 aliphatic heterocycles. The third kappa shape index (κ3) is 3.28. The van der Waals surface area contributed by atoms with Crippen LogP contribution in [0.15, 0.2) is 18.2 Å². The summed E-state index contributed by atoms with van der Waals surface area (Å²) < 4.78 is 13.5. The van der Waals surface area contributed by atoms with Crippen molar-refractivity contribution in [3.8, 4) is 0 Å². The number of hydrogen-bond donors (Lipinski definition) is 1. The zero-order chi connectivity index (χ0) is 14.8. The first-order valence-electron chi connectivity index (χ1n) is 8.12. The second-order valence-corrected chi connectivity index (χ2v) is 6.34. The predicted molar refractivity (Wildman–Crippen MR) is 84.1 cm³/mol. The van der Waals surface area contributed by atoms with Gasteiger partial charge in [-0.25, -0.2) is 4.39 Å². The van der Waals surface area contributed by atoms with Crippen molar-refractivity contribution in [2.45, 2.75) is 32.4 Å². The fourth-order valence-corrected chi connectivity index (χ4v) is 3.74. The lowest BCUT2D eigenvalue weighted by molar-refractivity contribution is -0.00291. The molecule has 3 fully saturated rings. The van der Waals surface area contributed by atoms with E-state index in [-0.39, 0.29) is 5.82 Å². The van der Waals surface area contributed by atoms with Crippen molar-refractivity contribution in [1.29, 1.82) is 0 Å². The molecule has 3 saturated heterocycles. The molecule has 0 aliphatic carbocycles. The normalized spacial score (nSPS) is 29.6. The monoisotopic (exact) mass is 291 g/mol. The Labute approximate surface area is 127 Å². The Morgan fingerprint density at radius 1 is 1.29 bits per heavy atom. The van der Waals surface area contributed by atoms with Crippen LogP contribution in [-0.4, -0.2) is 61.2 Å². The van der Waals surface area contributed by atoms with Gasteiger partial charge < -0.3 is 5.32 Å². The number of halogens is 1. The highest BCUT2D eigenvalue weighted by molar-refractivity contribution is 5.28. The standard InChI is InChI=1S/C17H26FN3/c1-3-19-16(11-14-10-15(18)5-4-13(14)2)17-12-20-6-8-21(17)9-7-20/h4-5,10,16-17,19H,3,6-9,11-12H2,1-2H3. The summed E-state index contributed by atoms with van der Waals surface area (Å²) in [5.74, 6) is -0.125. The lowest BCUT2D eigenvalue weighted by Gasteiger charge is -2.50. The van der Waals surface area contributed by atoms with E-state index in [2.05, 4.69) is 29.0 Å². The molecule has 0 radical (unpaired) electrons. The third-order valence-electron chi connectivity index (χ3n) is 5.00. The summed E-state index contributed by atoms with van der Waals surface area (Å²) in [6.45, 7) is 11.1. The minimum absolute atomic E-state index is 0.125. The second kappa shape index (κ2) is 6.42. The van der Waals surface area contributed by atoms with E-state index in [0.29, 0.717) is 12.1 Å². The van der Waals surface area contributed by atoms with Crippen LogP contribution in [0.25, 0.3) is 0 Å². The van der Waals surface area contributed by atoms with Crippen molar-refractivity contribution in [2.75, 3.05) is 39.3 Å². The Morgan fingerprint density at radius 3 is 2.67 bits per heavy atom. The van der Waals surface area contributed by atoms with E-state index in [4.69, 9.17) is 0 Å². The van der Waals surface area contributed by atoms with Gasteiger partial charge in [-0.3, -0.25) is 9.80 Å². The van der Waals surface area contributed by atoms with Crippen LogP contribution in [0.5, 0.6) is 0 Å². The first-order chi connectivity index (χ1) is 10.2. The van der Waals surface area contributed by atoms with Crippen LogP contribution >= 0.6 is 0 Å². The molecule has 3 heterocycles. The molecule has 2 unspecified atom stereocenters. The molecule has 0 amide bonds. The third-order valence-corrected chi connectivity index (χ3v) is 5.00. The zero-order valence-electron chi connectivity index (χ0n) is 13.1. The Kier molecular flexibility index (Phi) is 4.57. The average molecular weight is 291 g/mol. The van der Waals surface area contributed by atoms with Crippen molar-refractivity contribution in [1.82, 2.24) is 15.1 Å². The lowest BCUT2D eigenvalue weighted by atomic mass is 9.92. The number of benzene rings is 1. The molecule has 0 spiro atoms. The number of likely N-dealkylation sites (N-methyl/N-ethyl adjacent to an activating group) is 1. The van der Waals surface area contributed by atoms with E-state index >= 15 is 0 Å². The molecule has 2 bridgehead atoms. The molecular weight excluding hydrogens is 265 g/mol. The van der Waals surface area contributed by atoms with Gasteiger partial charge in [-0.05, 0) is 43.1 Å². The number of nitrogens with zero attached hydrogens (tertiary/aromatic N) is 2. The molecule has 4 heteroatoms. The number of hydrogen-bond acceptors (Lipinski definition) is 3. The first-order valence-corrected chi connectivity index (χ1v) is 8.12. The quantitative estimate of drug-likeness (QED) is 0.890. The molecule has 0 aromatic heterocycles. The molecule has 1 aromatic carbocycles. The van der Waals surface area contributed by atoms with E-state index in [1.807, 2.05) is 6.07 Å². The fraction of sp³-hybridized carbons (Fsp3) is 0.647. The van der Waals surface area contributed by atoms with Gasteiger partial charge in [-0.1, -0.05) is 13.0 Å². The molecule has 2 atom stereocenters. The van der Waals surface area contributed by atoms with Crippen molar-refractivity contribution in [3.05, 3.63) is 35.1 Å². The Hall–Kier alpha value is -0.970. The Balaban J connectivity index is 1.76. The number of fused-ring (bicyclic) bond motifs is 3. The van der Waals surface area contributed by atoms with E-state index in [1.54, 1.807) is 12.1 Å². The van der Waals surface area contributed by atoms with Crippen LogP contribution in [0.3, 0.4) is 0 Å². The molecule has 3 nitrogen and oxygen atoms in total. The molecule has 0 saturated carbocycles. The number of rotatable bonds is 5. The topological polar surface area (TPSA) is 18.5 Å². The van der Waals surface area contributed by atoms with Crippen LogP contribution < -0.4 is 5.32 Å². The van der Waals surface area contributed by atoms with E-state index < -0.39 is 0 Å².